The first-order chi connectivity index (χ1) is 19.6. The van der Waals surface area contributed by atoms with E-state index in [0.29, 0.717) is 6.42 Å². The van der Waals surface area contributed by atoms with Crippen molar-refractivity contribution in [3.05, 3.63) is 0 Å². The van der Waals surface area contributed by atoms with E-state index in [0.717, 1.165) is 19.4 Å². The summed E-state index contributed by atoms with van der Waals surface area (Å²) in [4.78, 5) is 0. The highest BCUT2D eigenvalue weighted by molar-refractivity contribution is 4.65. The van der Waals surface area contributed by atoms with E-state index in [-0.39, 0.29) is 6.61 Å². The topological polar surface area (TPSA) is 86.7 Å². The van der Waals surface area contributed by atoms with Crippen LogP contribution in [0, 0.1) is 0 Å². The van der Waals surface area contributed by atoms with Gasteiger partial charge in [0, 0.05) is 0 Å². The molecule has 0 heterocycles. The lowest BCUT2D eigenvalue weighted by Gasteiger charge is -2.14. The van der Waals surface area contributed by atoms with Crippen LogP contribution in [-0.2, 0) is 0 Å². The fourth-order valence-electron chi connectivity index (χ4n) is 5.38. The number of nitrogens with two attached hydrogens (primary N) is 1. The number of unbranched alkanes of at least 4 members (excludes halogenated alkanes) is 27. The minimum Gasteiger partial charge on any atom is -0.394 e. The van der Waals surface area contributed by atoms with Crippen LogP contribution in [0.15, 0.2) is 0 Å². The zero-order chi connectivity index (χ0) is 29.8. The lowest BCUT2D eigenvalue weighted by atomic mass is 10.0. The predicted molar refractivity (Wildman–Crippen MR) is 178 cm³/mol. The number of rotatable bonds is 32. The molecule has 2 atom stereocenters. The molecule has 0 fully saturated rings. The van der Waals surface area contributed by atoms with Crippen LogP contribution in [0.25, 0.3) is 0 Å². The van der Waals surface area contributed by atoms with E-state index in [9.17, 15) is 10.2 Å². The molecule has 0 aliphatic heterocycles. The fraction of sp³-hybridized carbons (Fsp3) is 1.00. The van der Waals surface area contributed by atoms with E-state index in [1.54, 1.807) is 0 Å². The molecule has 0 radical (unpaired) electrons. The van der Waals surface area contributed by atoms with Crippen molar-refractivity contribution in [1.29, 1.82) is 0 Å². The summed E-state index contributed by atoms with van der Waals surface area (Å²) in [7, 11) is 0. The van der Waals surface area contributed by atoms with Crippen molar-refractivity contribution in [1.82, 2.24) is 0 Å². The van der Waals surface area contributed by atoms with Gasteiger partial charge in [-0.25, -0.2) is 0 Å². The number of hydrogen-bond acceptors (Lipinski definition) is 4. The molecule has 0 saturated heterocycles. The first kappa shape index (κ1) is 42.0. The summed E-state index contributed by atoms with van der Waals surface area (Å²) < 4.78 is 0. The molecule has 0 aromatic rings. The van der Waals surface area contributed by atoms with Crippen molar-refractivity contribution >= 4 is 0 Å². The van der Waals surface area contributed by atoms with Crippen molar-refractivity contribution in [2.45, 2.75) is 219 Å². The second-order valence-corrected chi connectivity index (χ2v) is 12.4. The highest BCUT2D eigenvalue weighted by Gasteiger charge is 2.13. The van der Waals surface area contributed by atoms with Gasteiger partial charge in [0.25, 0.3) is 0 Å². The van der Waals surface area contributed by atoms with Gasteiger partial charge >= 0.3 is 0 Å². The maximum absolute atomic E-state index is 9.48. The Hall–Kier alpha value is -0.160. The lowest BCUT2D eigenvalue weighted by Crippen LogP contribution is -2.28. The van der Waals surface area contributed by atoms with Gasteiger partial charge in [-0.15, -0.1) is 0 Å². The third-order valence-electron chi connectivity index (χ3n) is 8.29. The Morgan fingerprint density at radius 1 is 0.375 bits per heavy atom. The summed E-state index contributed by atoms with van der Waals surface area (Å²) in [6, 6.07) is 0. The number of hydrogen-bond donors (Lipinski definition) is 4. The van der Waals surface area contributed by atoms with Crippen LogP contribution in [0.2, 0.25) is 0 Å². The van der Waals surface area contributed by atoms with Gasteiger partial charge in [-0.05, 0) is 19.4 Å². The van der Waals surface area contributed by atoms with E-state index < -0.39 is 12.2 Å². The minimum absolute atomic E-state index is 0.348. The van der Waals surface area contributed by atoms with E-state index in [1.165, 1.54) is 173 Å². The maximum Gasteiger partial charge on any atom is 0.103 e. The largest absolute Gasteiger partial charge is 0.394 e. The zero-order valence-corrected chi connectivity index (χ0v) is 27.7. The second-order valence-electron chi connectivity index (χ2n) is 12.4. The molecule has 2 unspecified atom stereocenters. The lowest BCUT2D eigenvalue weighted by molar-refractivity contribution is -0.0185. The summed E-state index contributed by atoms with van der Waals surface area (Å²) in [5.41, 5.74) is 5.48. The van der Waals surface area contributed by atoms with E-state index in [1.807, 2.05) is 0 Å². The molecule has 0 rings (SSSR count). The minimum atomic E-state index is -0.970. The molecule has 0 aliphatic carbocycles. The summed E-state index contributed by atoms with van der Waals surface area (Å²) in [6.07, 6.45) is 38.7. The monoisotopic (exact) mass is 572 g/mol. The smallest absolute Gasteiger partial charge is 0.103 e. The molecule has 0 spiro atoms. The molecular formula is C36H77NO3. The molecule has 0 aliphatic rings. The Bertz CT molecular complexity index is 405. The predicted octanol–water partition coefficient (Wildman–Crippen LogP) is 10.4. The SMILES string of the molecule is CCCCCCCCCCCCCCCC(O)C(O)CO.CCCCCCCCCCCCCCCCCCN. The van der Waals surface area contributed by atoms with Gasteiger partial charge in [0.15, 0.2) is 0 Å². The van der Waals surface area contributed by atoms with Crippen molar-refractivity contribution in [3.63, 3.8) is 0 Å². The summed E-state index contributed by atoms with van der Waals surface area (Å²) in [6.45, 7) is 5.08. The van der Waals surface area contributed by atoms with E-state index >= 15 is 0 Å². The highest BCUT2D eigenvalue weighted by Crippen LogP contribution is 2.15. The third-order valence-corrected chi connectivity index (χ3v) is 8.29. The zero-order valence-electron chi connectivity index (χ0n) is 27.7. The molecule has 0 aromatic carbocycles. The number of aliphatic hydroxyl groups excluding tert-OH is 3. The van der Waals surface area contributed by atoms with E-state index in [4.69, 9.17) is 10.8 Å². The van der Waals surface area contributed by atoms with Gasteiger partial charge in [0.2, 0.25) is 0 Å². The van der Waals surface area contributed by atoms with Gasteiger partial charge in [-0.3, -0.25) is 0 Å². The van der Waals surface area contributed by atoms with Crippen molar-refractivity contribution in [2.24, 2.45) is 5.73 Å². The normalized spacial score (nSPS) is 12.8. The maximum atomic E-state index is 9.48. The van der Waals surface area contributed by atoms with Gasteiger partial charge in [0.1, 0.15) is 6.10 Å². The Morgan fingerprint density at radius 2 is 0.625 bits per heavy atom. The van der Waals surface area contributed by atoms with Crippen molar-refractivity contribution in [3.8, 4) is 0 Å². The number of aliphatic hydroxyl groups is 3. The Labute approximate surface area is 252 Å². The van der Waals surface area contributed by atoms with Gasteiger partial charge in [-0.2, -0.15) is 0 Å². The van der Waals surface area contributed by atoms with Crippen LogP contribution in [-0.4, -0.2) is 40.7 Å². The van der Waals surface area contributed by atoms with Gasteiger partial charge in [-0.1, -0.05) is 194 Å². The molecule has 0 bridgehead atoms. The fourth-order valence-corrected chi connectivity index (χ4v) is 5.38. The van der Waals surface area contributed by atoms with Crippen LogP contribution in [0.5, 0.6) is 0 Å². The van der Waals surface area contributed by atoms with E-state index in [2.05, 4.69) is 13.8 Å². The highest BCUT2D eigenvalue weighted by atomic mass is 16.4. The summed E-state index contributed by atoms with van der Waals surface area (Å²) >= 11 is 0. The van der Waals surface area contributed by atoms with Crippen molar-refractivity contribution in [2.75, 3.05) is 13.2 Å². The van der Waals surface area contributed by atoms with Crippen molar-refractivity contribution < 1.29 is 15.3 Å². The summed E-state index contributed by atoms with van der Waals surface area (Å²) in [5, 5.41) is 27.4. The molecule has 4 heteroatoms. The second kappa shape index (κ2) is 38.8. The average Bonchev–Trinajstić information content (AvgIpc) is 2.97. The van der Waals surface area contributed by atoms with Crippen LogP contribution < -0.4 is 5.73 Å². The Kier molecular flexibility index (Phi) is 40.8. The summed E-state index contributed by atoms with van der Waals surface area (Å²) in [5.74, 6) is 0. The van der Waals surface area contributed by atoms with Gasteiger partial charge in [0.05, 0.1) is 12.7 Å². The average molecular weight is 572 g/mol. The molecule has 0 aromatic heterocycles. The molecule has 40 heavy (non-hydrogen) atoms. The first-order valence-corrected chi connectivity index (χ1v) is 18.3. The van der Waals surface area contributed by atoms with Crippen LogP contribution in [0.3, 0.4) is 0 Å². The molecule has 244 valence electrons. The Morgan fingerprint density at radius 3 is 0.875 bits per heavy atom. The standard InChI is InChI=1S/C18H39N.C18H38O3/c1-2-3-4-5-6-7-8-9-10-11-12-13-14-15-16-17-18-19;1-2-3-4-5-6-7-8-9-10-11-12-13-14-15-17(20)18(21)16-19/h2-19H2,1H3;17-21H,2-16H2,1H3. The first-order valence-electron chi connectivity index (χ1n) is 18.3. The molecule has 5 N–H and O–H groups in total. The molecular weight excluding hydrogens is 494 g/mol. The van der Waals surface area contributed by atoms with Crippen LogP contribution >= 0.6 is 0 Å². The van der Waals surface area contributed by atoms with Crippen LogP contribution in [0.1, 0.15) is 206 Å². The Balaban J connectivity index is 0. The molecule has 0 saturated carbocycles. The van der Waals surface area contributed by atoms with Gasteiger partial charge < -0.3 is 21.1 Å². The third kappa shape index (κ3) is 37.8. The van der Waals surface area contributed by atoms with Crippen LogP contribution in [0.4, 0.5) is 0 Å². The molecule has 4 nitrogen and oxygen atoms in total. The quantitative estimate of drug-likeness (QED) is 0.0605. The molecule has 0 amide bonds.